The molecule has 0 saturated carbocycles. The number of aromatic nitrogens is 3. The highest BCUT2D eigenvalue weighted by Crippen LogP contribution is 2.19. The predicted octanol–water partition coefficient (Wildman–Crippen LogP) is 1.46. The van der Waals surface area contributed by atoms with Gasteiger partial charge >= 0.3 is 5.69 Å². The topological polar surface area (TPSA) is 50.7 Å². The minimum Gasteiger partial charge on any atom is -0.295 e. The lowest BCUT2D eigenvalue weighted by Crippen LogP contribution is -2.16. The van der Waals surface area contributed by atoms with E-state index in [0.717, 1.165) is 4.68 Å². The molecular formula is C8H5BrFN3O. The van der Waals surface area contributed by atoms with E-state index >= 15 is 0 Å². The van der Waals surface area contributed by atoms with Crippen LogP contribution in [0, 0.1) is 5.82 Å². The molecule has 0 unspecified atom stereocenters. The third-order valence-electron chi connectivity index (χ3n) is 1.69. The summed E-state index contributed by atoms with van der Waals surface area (Å²) in [6.07, 6.45) is 1.25. The Balaban J connectivity index is 2.68. The summed E-state index contributed by atoms with van der Waals surface area (Å²) < 4.78 is 14.6. The fourth-order valence-corrected chi connectivity index (χ4v) is 1.49. The van der Waals surface area contributed by atoms with Gasteiger partial charge in [-0.2, -0.15) is 9.78 Å². The van der Waals surface area contributed by atoms with Crippen molar-refractivity contribution in [3.05, 3.63) is 45.3 Å². The van der Waals surface area contributed by atoms with Crippen molar-refractivity contribution >= 4 is 15.9 Å². The summed E-state index contributed by atoms with van der Waals surface area (Å²) in [4.78, 5) is 13.6. The van der Waals surface area contributed by atoms with Crippen LogP contribution in [0.1, 0.15) is 0 Å². The molecule has 0 fully saturated rings. The molecular weight excluding hydrogens is 253 g/mol. The lowest BCUT2D eigenvalue weighted by Gasteiger charge is -2.01. The fourth-order valence-electron chi connectivity index (χ4n) is 1.08. The molecule has 0 aliphatic rings. The molecule has 14 heavy (non-hydrogen) atoms. The number of aromatic amines is 1. The van der Waals surface area contributed by atoms with Crippen molar-refractivity contribution in [3.63, 3.8) is 0 Å². The molecule has 0 bridgehead atoms. The SMILES string of the molecule is O=c1[nH]cnn1-c1cc(F)ccc1Br. The first-order chi connectivity index (χ1) is 6.68. The average Bonchev–Trinajstić information content (AvgIpc) is 2.56. The van der Waals surface area contributed by atoms with Crippen LogP contribution >= 0.6 is 15.9 Å². The summed E-state index contributed by atoms with van der Waals surface area (Å²) in [5, 5.41) is 3.74. The van der Waals surface area contributed by atoms with Gasteiger partial charge in [-0.3, -0.25) is 4.98 Å². The average molecular weight is 258 g/mol. The Bertz CT molecular complexity index is 519. The van der Waals surface area contributed by atoms with Crippen LogP contribution in [-0.4, -0.2) is 14.8 Å². The van der Waals surface area contributed by atoms with Crippen molar-refractivity contribution in [2.45, 2.75) is 0 Å². The van der Waals surface area contributed by atoms with Gasteiger partial charge in [-0.25, -0.2) is 9.18 Å². The Kier molecular flexibility index (Phi) is 2.20. The number of nitrogens with zero attached hydrogens (tertiary/aromatic N) is 2. The zero-order chi connectivity index (χ0) is 10.1. The molecule has 72 valence electrons. The molecule has 1 aromatic heterocycles. The van der Waals surface area contributed by atoms with Gasteiger partial charge in [0.2, 0.25) is 0 Å². The number of nitrogens with one attached hydrogen (secondary N) is 1. The fraction of sp³-hybridized carbons (Fsp3) is 0. The lowest BCUT2D eigenvalue weighted by molar-refractivity contribution is 0.624. The van der Waals surface area contributed by atoms with Crippen LogP contribution in [0.15, 0.2) is 33.8 Å². The minimum atomic E-state index is -0.418. The molecule has 2 aromatic rings. The maximum absolute atomic E-state index is 12.9. The number of hydrogen-bond donors (Lipinski definition) is 1. The number of H-pyrrole nitrogens is 1. The normalized spacial score (nSPS) is 10.4. The first-order valence-corrected chi connectivity index (χ1v) is 4.56. The standard InChI is InChI=1S/C8H5BrFN3O/c9-6-2-1-5(10)3-7(6)13-8(14)11-4-12-13/h1-4H,(H,11,12,14). The quantitative estimate of drug-likeness (QED) is 0.841. The van der Waals surface area contributed by atoms with Gasteiger partial charge in [0.15, 0.2) is 0 Å². The van der Waals surface area contributed by atoms with Crippen molar-refractivity contribution in [1.29, 1.82) is 0 Å². The second-order valence-electron chi connectivity index (χ2n) is 2.60. The van der Waals surface area contributed by atoms with Crippen molar-refractivity contribution in [3.8, 4) is 5.69 Å². The smallest absolute Gasteiger partial charge is 0.295 e. The van der Waals surface area contributed by atoms with Crippen molar-refractivity contribution < 1.29 is 4.39 Å². The number of hydrogen-bond acceptors (Lipinski definition) is 2. The summed E-state index contributed by atoms with van der Waals surface area (Å²) in [6.45, 7) is 0. The molecule has 1 aromatic carbocycles. The molecule has 2 rings (SSSR count). The highest BCUT2D eigenvalue weighted by Gasteiger charge is 2.07. The van der Waals surface area contributed by atoms with Crippen LogP contribution < -0.4 is 5.69 Å². The van der Waals surface area contributed by atoms with Crippen molar-refractivity contribution in [1.82, 2.24) is 14.8 Å². The highest BCUT2D eigenvalue weighted by molar-refractivity contribution is 9.10. The highest BCUT2D eigenvalue weighted by atomic mass is 79.9. The lowest BCUT2D eigenvalue weighted by atomic mass is 10.3. The van der Waals surface area contributed by atoms with Crippen LogP contribution in [0.5, 0.6) is 0 Å². The maximum Gasteiger partial charge on any atom is 0.347 e. The Labute approximate surface area is 86.5 Å². The summed E-state index contributed by atoms with van der Waals surface area (Å²) in [5.41, 5.74) is -0.0347. The number of benzene rings is 1. The summed E-state index contributed by atoms with van der Waals surface area (Å²) in [5.74, 6) is -0.418. The first-order valence-electron chi connectivity index (χ1n) is 3.76. The Morgan fingerprint density at radius 2 is 2.29 bits per heavy atom. The van der Waals surface area contributed by atoms with Crippen molar-refractivity contribution in [2.24, 2.45) is 0 Å². The molecule has 0 aliphatic heterocycles. The van der Waals surface area contributed by atoms with Crippen LogP contribution in [0.2, 0.25) is 0 Å². The molecule has 0 radical (unpaired) electrons. The van der Waals surface area contributed by atoms with Crippen LogP contribution in [0.4, 0.5) is 4.39 Å². The van der Waals surface area contributed by atoms with Gasteiger partial charge in [-0.1, -0.05) is 0 Å². The zero-order valence-corrected chi connectivity index (χ0v) is 8.45. The van der Waals surface area contributed by atoms with E-state index in [9.17, 15) is 9.18 Å². The molecule has 0 aliphatic carbocycles. The second kappa shape index (κ2) is 3.38. The van der Waals surface area contributed by atoms with Gasteiger partial charge in [0, 0.05) is 10.5 Å². The van der Waals surface area contributed by atoms with Gasteiger partial charge < -0.3 is 0 Å². The van der Waals surface area contributed by atoms with E-state index in [0.29, 0.717) is 10.2 Å². The maximum atomic E-state index is 12.9. The van der Waals surface area contributed by atoms with E-state index in [-0.39, 0.29) is 0 Å². The predicted molar refractivity (Wildman–Crippen MR) is 51.8 cm³/mol. The molecule has 1 heterocycles. The monoisotopic (exact) mass is 257 g/mol. The van der Waals surface area contributed by atoms with Crippen LogP contribution in [-0.2, 0) is 0 Å². The molecule has 0 spiro atoms. The first kappa shape index (κ1) is 9.14. The summed E-state index contributed by atoms with van der Waals surface area (Å²) in [6, 6.07) is 4.05. The molecule has 0 saturated heterocycles. The van der Waals surface area contributed by atoms with E-state index in [4.69, 9.17) is 0 Å². The third-order valence-corrected chi connectivity index (χ3v) is 2.36. The Morgan fingerprint density at radius 3 is 2.93 bits per heavy atom. The van der Waals surface area contributed by atoms with Crippen LogP contribution in [0.25, 0.3) is 5.69 Å². The largest absolute Gasteiger partial charge is 0.347 e. The van der Waals surface area contributed by atoms with E-state index in [1.54, 1.807) is 0 Å². The molecule has 6 heteroatoms. The van der Waals surface area contributed by atoms with E-state index in [1.165, 1.54) is 24.5 Å². The van der Waals surface area contributed by atoms with Gasteiger partial charge in [-0.05, 0) is 28.1 Å². The minimum absolute atomic E-state index is 0.372. The van der Waals surface area contributed by atoms with E-state index < -0.39 is 11.5 Å². The zero-order valence-electron chi connectivity index (χ0n) is 6.87. The second-order valence-corrected chi connectivity index (χ2v) is 3.46. The third kappa shape index (κ3) is 1.48. The van der Waals surface area contributed by atoms with E-state index in [1.807, 2.05) is 0 Å². The summed E-state index contributed by atoms with van der Waals surface area (Å²) in [7, 11) is 0. The Morgan fingerprint density at radius 1 is 1.50 bits per heavy atom. The summed E-state index contributed by atoms with van der Waals surface area (Å²) >= 11 is 3.21. The van der Waals surface area contributed by atoms with Crippen LogP contribution in [0.3, 0.4) is 0 Å². The molecule has 1 N–H and O–H groups in total. The van der Waals surface area contributed by atoms with Crippen molar-refractivity contribution in [2.75, 3.05) is 0 Å². The Hall–Kier alpha value is -1.43. The van der Waals surface area contributed by atoms with Gasteiger partial charge in [0.1, 0.15) is 12.1 Å². The van der Waals surface area contributed by atoms with Gasteiger partial charge in [0.05, 0.1) is 5.69 Å². The van der Waals surface area contributed by atoms with E-state index in [2.05, 4.69) is 26.0 Å². The number of rotatable bonds is 1. The molecule has 4 nitrogen and oxygen atoms in total. The number of halogens is 2. The molecule has 0 amide bonds. The van der Waals surface area contributed by atoms with Gasteiger partial charge in [0.25, 0.3) is 0 Å². The molecule has 0 atom stereocenters. The van der Waals surface area contributed by atoms with Gasteiger partial charge in [-0.15, -0.1) is 0 Å².